The number of nitriles is 1. The molecule has 0 aliphatic carbocycles. The second-order valence-electron chi connectivity index (χ2n) is 12.5. The van der Waals surface area contributed by atoms with Crippen molar-refractivity contribution in [1.82, 2.24) is 15.5 Å². The monoisotopic (exact) mass is 608 g/mol. The lowest BCUT2D eigenvalue weighted by atomic mass is 9.93. The van der Waals surface area contributed by atoms with Crippen LogP contribution in [0.3, 0.4) is 0 Å². The summed E-state index contributed by atoms with van der Waals surface area (Å²) in [5.74, 6) is -2.31. The molecule has 0 heterocycles. The van der Waals surface area contributed by atoms with Crippen molar-refractivity contribution >= 4 is 23.9 Å². The zero-order valence-electron chi connectivity index (χ0n) is 26.8. The number of aliphatic hydroxyl groups is 1. The molecule has 0 radical (unpaired) electrons. The van der Waals surface area contributed by atoms with Crippen LogP contribution in [-0.2, 0) is 30.3 Å². The van der Waals surface area contributed by atoms with Crippen molar-refractivity contribution in [2.24, 2.45) is 0 Å². The Morgan fingerprint density at radius 2 is 1.43 bits per heavy atom. The van der Waals surface area contributed by atoms with Gasteiger partial charge in [0, 0.05) is 6.42 Å². The first-order valence-corrected chi connectivity index (χ1v) is 14.4. The molecule has 0 saturated heterocycles. The van der Waals surface area contributed by atoms with Gasteiger partial charge in [-0.05, 0) is 77.6 Å². The van der Waals surface area contributed by atoms with Crippen LogP contribution in [-0.4, -0.2) is 70.3 Å². The standard InChI is InChI=1S/C33H44N4O7/c1-21-13-12-14-22(2)26(21)27(37(18-17-34)29(40)25(20-38)36-31(42)44-33(6,7)8)28(39)35-24(30(41)43-32(3,4)5)19-23-15-10-9-11-16-23/h9-16,24-25,27,38H,18-20H2,1-8H3,(H,35,39)(H,36,42). The molecule has 0 aliphatic heterocycles. The van der Waals surface area contributed by atoms with E-state index in [0.717, 1.165) is 10.5 Å². The number of carbonyl (C=O) groups is 4. The molecule has 0 saturated carbocycles. The number of rotatable bonds is 11. The fraction of sp³-hybridized carbons (Fsp3) is 0.485. The topological polar surface area (TPSA) is 158 Å². The molecule has 3 N–H and O–H groups in total. The summed E-state index contributed by atoms with van der Waals surface area (Å²) in [7, 11) is 0. The van der Waals surface area contributed by atoms with E-state index in [4.69, 9.17) is 9.47 Å². The summed E-state index contributed by atoms with van der Waals surface area (Å²) in [4.78, 5) is 55.0. The van der Waals surface area contributed by atoms with E-state index in [-0.39, 0.29) is 6.42 Å². The number of esters is 1. The summed E-state index contributed by atoms with van der Waals surface area (Å²) >= 11 is 0. The highest BCUT2D eigenvalue weighted by Gasteiger charge is 2.39. The van der Waals surface area contributed by atoms with E-state index in [1.165, 1.54) is 0 Å². The van der Waals surface area contributed by atoms with Crippen LogP contribution in [0.2, 0.25) is 0 Å². The number of nitrogens with one attached hydrogen (secondary N) is 2. The van der Waals surface area contributed by atoms with Crippen LogP contribution in [0, 0.1) is 25.2 Å². The minimum absolute atomic E-state index is 0.104. The van der Waals surface area contributed by atoms with Gasteiger partial charge in [-0.1, -0.05) is 48.5 Å². The first-order valence-electron chi connectivity index (χ1n) is 14.4. The van der Waals surface area contributed by atoms with Gasteiger partial charge in [0.25, 0.3) is 0 Å². The number of benzene rings is 2. The number of amides is 3. The predicted octanol–water partition coefficient (Wildman–Crippen LogP) is 3.65. The number of aryl methyl sites for hydroxylation is 2. The molecule has 3 atom stereocenters. The second-order valence-corrected chi connectivity index (χ2v) is 12.5. The fourth-order valence-electron chi connectivity index (χ4n) is 4.56. The van der Waals surface area contributed by atoms with Crippen LogP contribution in [0.5, 0.6) is 0 Å². The maximum Gasteiger partial charge on any atom is 0.408 e. The van der Waals surface area contributed by atoms with Crippen molar-refractivity contribution in [3.05, 3.63) is 70.8 Å². The molecular weight excluding hydrogens is 564 g/mol. The van der Waals surface area contributed by atoms with E-state index in [1.807, 2.05) is 36.4 Å². The third-order valence-electron chi connectivity index (χ3n) is 6.36. The molecule has 0 fully saturated rings. The normalized spacial score (nSPS) is 13.5. The molecule has 11 nitrogen and oxygen atoms in total. The number of hydrogen-bond donors (Lipinski definition) is 3. The van der Waals surface area contributed by atoms with Crippen LogP contribution in [0.25, 0.3) is 0 Å². The summed E-state index contributed by atoms with van der Waals surface area (Å²) in [5, 5.41) is 25.0. The number of hydrogen-bond acceptors (Lipinski definition) is 8. The third kappa shape index (κ3) is 10.7. The van der Waals surface area contributed by atoms with Crippen molar-refractivity contribution in [3.63, 3.8) is 0 Å². The highest BCUT2D eigenvalue weighted by molar-refractivity contribution is 5.94. The Labute approximate surface area is 259 Å². The van der Waals surface area contributed by atoms with Gasteiger partial charge in [-0.15, -0.1) is 0 Å². The van der Waals surface area contributed by atoms with Gasteiger partial charge in [0.2, 0.25) is 11.8 Å². The third-order valence-corrected chi connectivity index (χ3v) is 6.36. The fourth-order valence-corrected chi connectivity index (χ4v) is 4.56. The number of nitrogens with zero attached hydrogens (tertiary/aromatic N) is 2. The first kappa shape index (κ1) is 35.8. The maximum absolute atomic E-state index is 14.3. The maximum atomic E-state index is 14.3. The van der Waals surface area contributed by atoms with E-state index < -0.39 is 66.4 Å². The summed E-state index contributed by atoms with van der Waals surface area (Å²) in [6, 6.07) is 12.2. The largest absolute Gasteiger partial charge is 0.458 e. The van der Waals surface area contributed by atoms with Gasteiger partial charge in [0.05, 0.1) is 12.7 Å². The summed E-state index contributed by atoms with van der Waals surface area (Å²) in [6.45, 7) is 12.2. The lowest BCUT2D eigenvalue weighted by molar-refractivity contribution is -0.159. The first-order chi connectivity index (χ1) is 20.5. The molecule has 2 aromatic rings. The Bertz CT molecular complexity index is 1340. The SMILES string of the molecule is Cc1cccc(C)c1C(C(=O)NC(Cc1ccccc1)C(=O)OC(C)(C)C)N(CC#N)C(=O)C(CO)NC(=O)OC(C)(C)C. The number of carbonyl (C=O) groups excluding carboxylic acids is 4. The highest BCUT2D eigenvalue weighted by Crippen LogP contribution is 2.29. The predicted molar refractivity (Wildman–Crippen MR) is 164 cm³/mol. The zero-order chi connectivity index (χ0) is 33.2. The Morgan fingerprint density at radius 3 is 1.93 bits per heavy atom. The molecule has 2 rings (SSSR count). The molecule has 3 unspecified atom stereocenters. The average Bonchev–Trinajstić information content (AvgIpc) is 2.90. The van der Waals surface area contributed by atoms with Gasteiger partial charge in [0.15, 0.2) is 0 Å². The Kier molecular flexibility index (Phi) is 12.5. The second kappa shape index (κ2) is 15.3. The molecule has 44 heavy (non-hydrogen) atoms. The van der Waals surface area contributed by atoms with E-state index >= 15 is 0 Å². The Hall–Kier alpha value is -4.43. The number of alkyl carbamates (subject to hydrolysis) is 1. The van der Waals surface area contributed by atoms with Crippen LogP contribution >= 0.6 is 0 Å². The van der Waals surface area contributed by atoms with Gasteiger partial charge in [-0.2, -0.15) is 5.26 Å². The van der Waals surface area contributed by atoms with Gasteiger partial charge in [-0.25, -0.2) is 9.59 Å². The van der Waals surface area contributed by atoms with Crippen molar-refractivity contribution in [2.75, 3.05) is 13.2 Å². The van der Waals surface area contributed by atoms with E-state index in [9.17, 15) is 29.5 Å². The van der Waals surface area contributed by atoms with E-state index in [1.54, 1.807) is 73.6 Å². The number of ether oxygens (including phenoxy) is 2. The molecule has 11 heteroatoms. The van der Waals surface area contributed by atoms with Crippen LogP contribution in [0.1, 0.15) is 69.8 Å². The van der Waals surface area contributed by atoms with Crippen molar-refractivity contribution in [1.29, 1.82) is 5.26 Å². The van der Waals surface area contributed by atoms with E-state index in [2.05, 4.69) is 10.6 Å². The van der Waals surface area contributed by atoms with Crippen LogP contribution in [0.4, 0.5) is 4.79 Å². The van der Waals surface area contributed by atoms with Crippen molar-refractivity contribution in [2.45, 2.75) is 91.1 Å². The summed E-state index contributed by atoms with van der Waals surface area (Å²) in [5.41, 5.74) is 0.782. The van der Waals surface area contributed by atoms with Crippen LogP contribution in [0.15, 0.2) is 48.5 Å². The minimum Gasteiger partial charge on any atom is -0.458 e. The molecule has 0 spiro atoms. The highest BCUT2D eigenvalue weighted by atomic mass is 16.6. The van der Waals surface area contributed by atoms with Crippen molar-refractivity contribution in [3.8, 4) is 6.07 Å². The average molecular weight is 609 g/mol. The van der Waals surface area contributed by atoms with Gasteiger partial charge in [0.1, 0.15) is 35.9 Å². The van der Waals surface area contributed by atoms with Crippen molar-refractivity contribution < 1.29 is 33.8 Å². The lowest BCUT2D eigenvalue weighted by Crippen LogP contribution is -2.56. The summed E-state index contributed by atoms with van der Waals surface area (Å²) < 4.78 is 10.9. The number of aliphatic hydroxyl groups excluding tert-OH is 1. The minimum atomic E-state index is -1.52. The quantitative estimate of drug-likeness (QED) is 0.258. The molecule has 3 amide bonds. The van der Waals surface area contributed by atoms with Crippen LogP contribution < -0.4 is 10.6 Å². The zero-order valence-corrected chi connectivity index (χ0v) is 26.8. The molecule has 2 aromatic carbocycles. The van der Waals surface area contributed by atoms with Gasteiger partial charge in [-0.3, -0.25) is 9.59 Å². The smallest absolute Gasteiger partial charge is 0.408 e. The van der Waals surface area contributed by atoms with Gasteiger partial charge >= 0.3 is 12.1 Å². The Morgan fingerprint density at radius 1 is 0.864 bits per heavy atom. The van der Waals surface area contributed by atoms with Gasteiger partial charge < -0.3 is 30.1 Å². The molecule has 0 aliphatic rings. The molecule has 0 bridgehead atoms. The summed E-state index contributed by atoms with van der Waals surface area (Å²) in [6.07, 6.45) is -0.852. The lowest BCUT2D eigenvalue weighted by Gasteiger charge is -2.34. The molecular formula is C33H44N4O7. The molecule has 0 aromatic heterocycles. The Balaban J connectivity index is 2.60. The van der Waals surface area contributed by atoms with E-state index in [0.29, 0.717) is 16.7 Å². The molecule has 238 valence electrons.